The summed E-state index contributed by atoms with van der Waals surface area (Å²) in [5.41, 5.74) is 8.07. The van der Waals surface area contributed by atoms with Crippen LogP contribution in [0.2, 0.25) is 5.02 Å². The molecule has 1 atom stereocenters. The molecule has 0 radical (unpaired) electrons. The fourth-order valence-electron chi connectivity index (χ4n) is 2.62. The normalized spacial score (nSPS) is 13.1. The number of benzene rings is 1. The molecule has 2 aromatic heterocycles. The van der Waals surface area contributed by atoms with Crippen LogP contribution in [0.5, 0.6) is 0 Å². The van der Waals surface area contributed by atoms with Crippen molar-refractivity contribution in [1.82, 2.24) is 14.8 Å². The zero-order valence-electron chi connectivity index (χ0n) is 12.0. The zero-order valence-corrected chi connectivity index (χ0v) is 12.7. The van der Waals surface area contributed by atoms with Crippen LogP contribution in [0.25, 0.3) is 21.8 Å². The minimum absolute atomic E-state index is 0.0354. The van der Waals surface area contributed by atoms with E-state index >= 15 is 0 Å². The molecule has 0 fully saturated rings. The Balaban J connectivity index is 2.39. The smallest absolute Gasteiger partial charge is 0.262 e. The first-order valence-electron chi connectivity index (χ1n) is 6.91. The van der Waals surface area contributed by atoms with Crippen LogP contribution >= 0.6 is 11.6 Å². The summed E-state index contributed by atoms with van der Waals surface area (Å²) in [5.74, 6) is 0. The molecule has 110 valence electrons. The van der Waals surface area contributed by atoms with Crippen molar-refractivity contribution in [2.24, 2.45) is 5.73 Å². The minimum atomic E-state index is -0.0354. The van der Waals surface area contributed by atoms with Gasteiger partial charge in [0.05, 0.1) is 10.9 Å². The number of aromatic amines is 1. The number of aromatic nitrogens is 3. The third-order valence-electron chi connectivity index (χ3n) is 3.72. The van der Waals surface area contributed by atoms with E-state index in [1.54, 1.807) is 10.6 Å². The van der Waals surface area contributed by atoms with Gasteiger partial charge in [-0.05, 0) is 38.5 Å². The van der Waals surface area contributed by atoms with Crippen molar-refractivity contribution in [3.05, 3.63) is 39.3 Å². The van der Waals surface area contributed by atoms with Crippen LogP contribution in [0.1, 0.15) is 19.0 Å². The molecule has 3 rings (SSSR count). The van der Waals surface area contributed by atoms with Gasteiger partial charge in [-0.25, -0.2) is 0 Å². The number of H-pyrrole nitrogens is 1. The average Bonchev–Trinajstić information content (AvgIpc) is 2.81. The van der Waals surface area contributed by atoms with Crippen LogP contribution in [0, 0.1) is 6.92 Å². The molecule has 0 aliphatic rings. The third kappa shape index (κ3) is 2.32. The number of aryl methyl sites for hydroxylation is 2. The average molecular weight is 305 g/mol. The Bertz CT molecular complexity index is 879. The summed E-state index contributed by atoms with van der Waals surface area (Å²) in [6.07, 6.45) is 0.736. The van der Waals surface area contributed by atoms with Crippen molar-refractivity contribution in [3.63, 3.8) is 0 Å². The SMILES string of the molecule is Cc1[nH]nc2c1c(=O)n(CC[C@@H](C)N)c1ccc(Cl)cc21. The van der Waals surface area contributed by atoms with Crippen molar-refractivity contribution in [2.75, 3.05) is 0 Å². The zero-order chi connectivity index (χ0) is 15.1. The summed E-state index contributed by atoms with van der Waals surface area (Å²) < 4.78 is 1.76. The van der Waals surface area contributed by atoms with Crippen LogP contribution in [0.4, 0.5) is 0 Å². The largest absolute Gasteiger partial charge is 0.328 e. The van der Waals surface area contributed by atoms with Gasteiger partial charge in [-0.2, -0.15) is 5.10 Å². The molecular formula is C15H17ClN4O. The van der Waals surface area contributed by atoms with Gasteiger partial charge in [-0.15, -0.1) is 0 Å². The van der Waals surface area contributed by atoms with Crippen LogP contribution < -0.4 is 11.3 Å². The second-order valence-corrected chi connectivity index (χ2v) is 5.89. The van der Waals surface area contributed by atoms with Crippen molar-refractivity contribution in [1.29, 1.82) is 0 Å². The number of hydrogen-bond acceptors (Lipinski definition) is 3. The number of nitrogens with zero attached hydrogens (tertiary/aromatic N) is 2. The Morgan fingerprint density at radius 1 is 1.48 bits per heavy atom. The first kappa shape index (κ1) is 14.1. The molecule has 0 unspecified atom stereocenters. The van der Waals surface area contributed by atoms with Gasteiger partial charge in [0.25, 0.3) is 5.56 Å². The molecule has 0 amide bonds. The predicted octanol–water partition coefficient (Wildman–Crippen LogP) is 2.58. The van der Waals surface area contributed by atoms with E-state index in [-0.39, 0.29) is 11.6 Å². The first-order chi connectivity index (χ1) is 9.99. The van der Waals surface area contributed by atoms with Gasteiger partial charge in [0, 0.05) is 28.7 Å². The lowest BCUT2D eigenvalue weighted by Crippen LogP contribution is -2.25. The lowest BCUT2D eigenvalue weighted by molar-refractivity contribution is 0.573. The fraction of sp³-hybridized carbons (Fsp3) is 0.333. The second kappa shape index (κ2) is 5.16. The van der Waals surface area contributed by atoms with E-state index in [9.17, 15) is 4.79 Å². The molecular weight excluding hydrogens is 288 g/mol. The standard InChI is InChI=1S/C15H17ClN4O/c1-8(17)5-6-20-12-4-3-10(16)7-11(12)14-13(15(20)21)9(2)18-19-14/h3-4,7-8H,5-6,17H2,1-2H3,(H,18,19)/t8-/m1/s1. The van der Waals surface area contributed by atoms with Crippen LogP contribution in [-0.4, -0.2) is 20.8 Å². The molecule has 3 N–H and O–H groups in total. The molecule has 2 heterocycles. The molecule has 21 heavy (non-hydrogen) atoms. The molecule has 6 heteroatoms. The van der Waals surface area contributed by atoms with E-state index in [4.69, 9.17) is 17.3 Å². The maximum Gasteiger partial charge on any atom is 0.262 e. The first-order valence-corrected chi connectivity index (χ1v) is 7.29. The highest BCUT2D eigenvalue weighted by Crippen LogP contribution is 2.25. The molecule has 1 aromatic carbocycles. The van der Waals surface area contributed by atoms with Crippen LogP contribution in [0.15, 0.2) is 23.0 Å². The predicted molar refractivity (Wildman–Crippen MR) is 85.9 cm³/mol. The number of fused-ring (bicyclic) bond motifs is 3. The minimum Gasteiger partial charge on any atom is -0.328 e. The Hall–Kier alpha value is -1.85. The summed E-state index contributed by atoms with van der Waals surface area (Å²) >= 11 is 6.10. The van der Waals surface area contributed by atoms with Gasteiger partial charge in [-0.1, -0.05) is 11.6 Å². The third-order valence-corrected chi connectivity index (χ3v) is 3.95. The second-order valence-electron chi connectivity index (χ2n) is 5.46. The van der Waals surface area contributed by atoms with Gasteiger partial charge >= 0.3 is 0 Å². The highest BCUT2D eigenvalue weighted by atomic mass is 35.5. The van der Waals surface area contributed by atoms with Crippen molar-refractivity contribution < 1.29 is 0 Å². The van der Waals surface area contributed by atoms with E-state index in [2.05, 4.69) is 10.2 Å². The highest BCUT2D eigenvalue weighted by molar-refractivity contribution is 6.31. The summed E-state index contributed by atoms with van der Waals surface area (Å²) in [6.45, 7) is 4.37. The Labute approximate surface area is 126 Å². The van der Waals surface area contributed by atoms with Crippen LogP contribution in [-0.2, 0) is 6.54 Å². The number of hydrogen-bond donors (Lipinski definition) is 2. The molecule has 3 aromatic rings. The number of pyridine rings is 1. The summed E-state index contributed by atoms with van der Waals surface area (Å²) in [4.78, 5) is 12.8. The maximum atomic E-state index is 12.8. The number of halogens is 1. The molecule has 0 aliphatic carbocycles. The lowest BCUT2D eigenvalue weighted by Gasteiger charge is -2.13. The Kier molecular flexibility index (Phi) is 3.47. The molecule has 5 nitrogen and oxygen atoms in total. The van der Waals surface area contributed by atoms with Crippen molar-refractivity contribution in [3.8, 4) is 0 Å². The molecule has 0 saturated heterocycles. The Morgan fingerprint density at radius 3 is 2.95 bits per heavy atom. The van der Waals surface area contributed by atoms with Gasteiger partial charge in [0.15, 0.2) is 0 Å². The summed E-state index contributed by atoms with van der Waals surface area (Å²) in [6, 6.07) is 5.54. The Morgan fingerprint density at radius 2 is 2.24 bits per heavy atom. The van der Waals surface area contributed by atoms with E-state index in [1.165, 1.54) is 0 Å². The van der Waals surface area contributed by atoms with Gasteiger partial charge in [0.1, 0.15) is 5.52 Å². The van der Waals surface area contributed by atoms with E-state index in [1.807, 2.05) is 26.0 Å². The van der Waals surface area contributed by atoms with Gasteiger partial charge in [-0.3, -0.25) is 9.89 Å². The molecule has 0 saturated carbocycles. The maximum absolute atomic E-state index is 12.8. The van der Waals surface area contributed by atoms with Crippen molar-refractivity contribution >= 4 is 33.4 Å². The molecule has 0 aliphatic heterocycles. The number of rotatable bonds is 3. The fourth-order valence-corrected chi connectivity index (χ4v) is 2.79. The summed E-state index contributed by atoms with van der Waals surface area (Å²) in [5, 5.41) is 9.28. The molecule has 0 spiro atoms. The highest BCUT2D eigenvalue weighted by Gasteiger charge is 2.15. The monoisotopic (exact) mass is 304 g/mol. The van der Waals surface area contributed by atoms with Crippen LogP contribution in [0.3, 0.4) is 0 Å². The lowest BCUT2D eigenvalue weighted by atomic mass is 10.1. The topological polar surface area (TPSA) is 76.7 Å². The number of nitrogens with one attached hydrogen (secondary N) is 1. The van der Waals surface area contributed by atoms with E-state index in [0.29, 0.717) is 22.5 Å². The summed E-state index contributed by atoms with van der Waals surface area (Å²) in [7, 11) is 0. The quantitative estimate of drug-likeness (QED) is 0.781. The molecule has 0 bridgehead atoms. The van der Waals surface area contributed by atoms with Crippen molar-refractivity contribution in [2.45, 2.75) is 32.9 Å². The number of nitrogens with two attached hydrogens (primary N) is 1. The van der Waals surface area contributed by atoms with E-state index < -0.39 is 0 Å². The van der Waals surface area contributed by atoms with Gasteiger partial charge in [0.2, 0.25) is 0 Å². The van der Waals surface area contributed by atoms with Gasteiger partial charge < -0.3 is 10.3 Å². The van der Waals surface area contributed by atoms with E-state index in [0.717, 1.165) is 23.0 Å².